The number of hydrogen-bond acceptors (Lipinski definition) is 3. The number of hydrogen-bond donors (Lipinski definition) is 2. The lowest BCUT2D eigenvalue weighted by Crippen LogP contribution is -2.44. The van der Waals surface area contributed by atoms with E-state index in [0.29, 0.717) is 6.04 Å². The van der Waals surface area contributed by atoms with Crippen LogP contribution in [0.25, 0.3) is 0 Å². The Hall–Kier alpha value is -1.22. The molecule has 1 aromatic rings. The van der Waals surface area contributed by atoms with Crippen molar-refractivity contribution in [1.29, 1.82) is 0 Å². The van der Waals surface area contributed by atoms with E-state index in [1.807, 2.05) is 12.1 Å². The van der Waals surface area contributed by atoms with Crippen LogP contribution in [-0.2, 0) is 0 Å². The van der Waals surface area contributed by atoms with Crippen LogP contribution in [0.1, 0.15) is 12.8 Å². The van der Waals surface area contributed by atoms with E-state index in [4.69, 9.17) is 5.73 Å². The van der Waals surface area contributed by atoms with Crippen molar-refractivity contribution in [1.82, 2.24) is 5.32 Å². The fraction of sp³-hybridized carbons (Fsp3) is 0.500. The first-order chi connectivity index (χ1) is 7.27. The maximum atomic E-state index is 5.67. The van der Waals surface area contributed by atoms with E-state index >= 15 is 0 Å². The molecule has 1 atom stereocenters. The van der Waals surface area contributed by atoms with E-state index in [1.54, 1.807) is 0 Å². The van der Waals surface area contributed by atoms with Crippen molar-refractivity contribution in [2.24, 2.45) is 0 Å². The summed E-state index contributed by atoms with van der Waals surface area (Å²) in [6.07, 6.45) is 2.54. The Morgan fingerprint density at radius 3 is 2.67 bits per heavy atom. The van der Waals surface area contributed by atoms with Crippen molar-refractivity contribution in [2.45, 2.75) is 18.9 Å². The molecule has 15 heavy (non-hydrogen) atoms. The predicted octanol–water partition coefficient (Wildman–Crippen LogP) is 1.46. The zero-order valence-corrected chi connectivity index (χ0v) is 9.24. The van der Waals surface area contributed by atoms with E-state index in [-0.39, 0.29) is 0 Å². The Kier molecular flexibility index (Phi) is 3.11. The summed E-state index contributed by atoms with van der Waals surface area (Å²) in [6, 6.07) is 8.71. The Morgan fingerprint density at radius 2 is 2.07 bits per heavy atom. The number of nitrogens with one attached hydrogen (secondary N) is 1. The third-order valence-corrected chi connectivity index (χ3v) is 3.12. The molecule has 0 bridgehead atoms. The van der Waals surface area contributed by atoms with Gasteiger partial charge in [0, 0.05) is 31.0 Å². The number of likely N-dealkylation sites (N-methyl/N-ethyl adjacent to an activating group) is 1. The predicted molar refractivity (Wildman–Crippen MR) is 65.1 cm³/mol. The van der Waals surface area contributed by atoms with Gasteiger partial charge in [-0.2, -0.15) is 0 Å². The van der Waals surface area contributed by atoms with Crippen molar-refractivity contribution in [3.63, 3.8) is 0 Å². The van der Waals surface area contributed by atoms with Gasteiger partial charge in [0.25, 0.3) is 0 Å². The monoisotopic (exact) mass is 205 g/mol. The highest BCUT2D eigenvalue weighted by molar-refractivity contribution is 5.53. The van der Waals surface area contributed by atoms with Crippen LogP contribution in [-0.4, -0.2) is 26.2 Å². The van der Waals surface area contributed by atoms with E-state index in [1.165, 1.54) is 18.5 Å². The number of nitrogens with two attached hydrogens (primary N) is 1. The molecule has 0 spiro atoms. The SMILES string of the molecule is CN(c1ccc(N)cc1)C1CCCNC1. The molecule has 0 aliphatic carbocycles. The van der Waals surface area contributed by atoms with Crippen molar-refractivity contribution < 1.29 is 0 Å². The minimum absolute atomic E-state index is 0.613. The van der Waals surface area contributed by atoms with Gasteiger partial charge >= 0.3 is 0 Å². The van der Waals surface area contributed by atoms with Gasteiger partial charge in [-0.25, -0.2) is 0 Å². The number of benzene rings is 1. The van der Waals surface area contributed by atoms with Gasteiger partial charge in [0.05, 0.1) is 0 Å². The molecule has 3 heteroatoms. The lowest BCUT2D eigenvalue weighted by molar-refractivity contribution is 0.445. The zero-order valence-electron chi connectivity index (χ0n) is 9.24. The molecule has 1 heterocycles. The van der Waals surface area contributed by atoms with Crippen LogP contribution in [0.15, 0.2) is 24.3 Å². The van der Waals surface area contributed by atoms with Gasteiger partial charge in [-0.1, -0.05) is 0 Å². The van der Waals surface area contributed by atoms with E-state index in [9.17, 15) is 0 Å². The van der Waals surface area contributed by atoms with Gasteiger partial charge in [-0.05, 0) is 43.7 Å². The topological polar surface area (TPSA) is 41.3 Å². The molecule has 0 saturated carbocycles. The smallest absolute Gasteiger partial charge is 0.0411 e. The lowest BCUT2D eigenvalue weighted by Gasteiger charge is -2.33. The van der Waals surface area contributed by atoms with Crippen molar-refractivity contribution in [3.05, 3.63) is 24.3 Å². The van der Waals surface area contributed by atoms with Crippen LogP contribution < -0.4 is 16.0 Å². The third kappa shape index (κ3) is 2.42. The zero-order chi connectivity index (χ0) is 10.7. The van der Waals surface area contributed by atoms with Gasteiger partial charge in [0.1, 0.15) is 0 Å². The fourth-order valence-corrected chi connectivity index (χ4v) is 2.08. The highest BCUT2D eigenvalue weighted by Crippen LogP contribution is 2.19. The number of rotatable bonds is 2. The summed E-state index contributed by atoms with van der Waals surface area (Å²) in [5.41, 5.74) is 7.75. The summed E-state index contributed by atoms with van der Waals surface area (Å²) in [6.45, 7) is 2.24. The number of anilines is 2. The van der Waals surface area contributed by atoms with E-state index in [2.05, 4.69) is 29.4 Å². The Balaban J connectivity index is 2.05. The number of nitrogens with zero attached hydrogens (tertiary/aromatic N) is 1. The summed E-state index contributed by atoms with van der Waals surface area (Å²) in [5, 5.41) is 3.43. The normalized spacial score (nSPS) is 21.3. The summed E-state index contributed by atoms with van der Waals surface area (Å²) in [4.78, 5) is 2.34. The van der Waals surface area contributed by atoms with E-state index in [0.717, 1.165) is 18.8 Å². The first-order valence-electron chi connectivity index (χ1n) is 5.56. The molecular weight excluding hydrogens is 186 g/mol. The maximum absolute atomic E-state index is 5.67. The third-order valence-electron chi connectivity index (χ3n) is 3.12. The minimum atomic E-state index is 0.613. The molecule has 82 valence electrons. The van der Waals surface area contributed by atoms with E-state index < -0.39 is 0 Å². The molecular formula is C12H19N3. The lowest BCUT2D eigenvalue weighted by atomic mass is 10.1. The van der Waals surface area contributed by atoms with Gasteiger partial charge in [0.2, 0.25) is 0 Å². The van der Waals surface area contributed by atoms with Crippen LogP contribution in [0, 0.1) is 0 Å². The first kappa shape index (κ1) is 10.3. The average molecular weight is 205 g/mol. The molecule has 1 aliphatic heterocycles. The van der Waals surface area contributed by atoms with Gasteiger partial charge < -0.3 is 16.0 Å². The Morgan fingerprint density at radius 1 is 1.33 bits per heavy atom. The summed E-state index contributed by atoms with van der Waals surface area (Å²) in [7, 11) is 2.16. The second-order valence-electron chi connectivity index (χ2n) is 4.20. The van der Waals surface area contributed by atoms with Crippen LogP contribution >= 0.6 is 0 Å². The van der Waals surface area contributed by atoms with Gasteiger partial charge in [-0.15, -0.1) is 0 Å². The quantitative estimate of drug-likeness (QED) is 0.718. The van der Waals surface area contributed by atoms with Crippen molar-refractivity contribution >= 4 is 11.4 Å². The molecule has 1 aromatic carbocycles. The second-order valence-corrected chi connectivity index (χ2v) is 4.20. The van der Waals surface area contributed by atoms with Crippen molar-refractivity contribution in [3.8, 4) is 0 Å². The van der Waals surface area contributed by atoms with Crippen LogP contribution in [0.2, 0.25) is 0 Å². The highest BCUT2D eigenvalue weighted by Gasteiger charge is 2.17. The van der Waals surface area contributed by atoms with Gasteiger partial charge in [0.15, 0.2) is 0 Å². The highest BCUT2D eigenvalue weighted by atomic mass is 15.2. The maximum Gasteiger partial charge on any atom is 0.0411 e. The van der Waals surface area contributed by atoms with Gasteiger partial charge in [-0.3, -0.25) is 0 Å². The molecule has 1 unspecified atom stereocenters. The molecule has 2 rings (SSSR count). The molecule has 3 nitrogen and oxygen atoms in total. The molecule has 0 aromatic heterocycles. The molecule has 1 saturated heterocycles. The van der Waals surface area contributed by atoms with Crippen LogP contribution in [0.5, 0.6) is 0 Å². The largest absolute Gasteiger partial charge is 0.399 e. The molecule has 3 N–H and O–H groups in total. The summed E-state index contributed by atoms with van der Waals surface area (Å²) in [5.74, 6) is 0. The van der Waals surface area contributed by atoms with Crippen molar-refractivity contribution in [2.75, 3.05) is 30.8 Å². The molecule has 1 aliphatic rings. The number of nitrogen functional groups attached to an aromatic ring is 1. The standard InChI is InChI=1S/C12H19N3/c1-15(12-3-2-8-14-9-12)11-6-4-10(13)5-7-11/h4-7,12,14H,2-3,8-9,13H2,1H3. The molecule has 0 amide bonds. The van der Waals surface area contributed by atoms with Crippen LogP contribution in [0.3, 0.4) is 0 Å². The molecule has 1 fully saturated rings. The van der Waals surface area contributed by atoms with Crippen LogP contribution in [0.4, 0.5) is 11.4 Å². The summed E-state index contributed by atoms with van der Waals surface area (Å²) < 4.78 is 0. The molecule has 0 radical (unpaired) electrons. The first-order valence-corrected chi connectivity index (χ1v) is 5.56. The minimum Gasteiger partial charge on any atom is -0.399 e. The number of piperidine rings is 1. The second kappa shape index (κ2) is 4.53. The Labute approximate surface area is 91.3 Å². The average Bonchev–Trinajstić information content (AvgIpc) is 2.30. The summed E-state index contributed by atoms with van der Waals surface area (Å²) >= 11 is 0. The fourth-order valence-electron chi connectivity index (χ4n) is 2.08. The Bertz CT molecular complexity index is 301.